The van der Waals surface area contributed by atoms with E-state index in [0.29, 0.717) is 23.7 Å². The lowest BCUT2D eigenvalue weighted by Crippen LogP contribution is -2.19. The van der Waals surface area contributed by atoms with Crippen LogP contribution in [0.25, 0.3) is 0 Å². The molecule has 1 aromatic carbocycles. The topological polar surface area (TPSA) is 70.9 Å². The molecule has 3 rings (SSSR count). The molecule has 1 saturated heterocycles. The average molecular weight is 285 g/mol. The summed E-state index contributed by atoms with van der Waals surface area (Å²) in [5.74, 6) is 0.686. The van der Waals surface area contributed by atoms with E-state index in [4.69, 9.17) is 5.73 Å². The lowest BCUT2D eigenvalue weighted by Gasteiger charge is -2.13. The molecule has 1 aliphatic heterocycles. The number of rotatable bonds is 3. The Hall–Kier alpha value is -2.55. The molecule has 2 N–H and O–H groups in total. The van der Waals surface area contributed by atoms with Crippen molar-refractivity contribution in [3.63, 3.8) is 0 Å². The van der Waals surface area contributed by atoms with E-state index in [2.05, 4.69) is 16.1 Å². The van der Waals surface area contributed by atoms with Gasteiger partial charge in [-0.15, -0.1) is 0 Å². The van der Waals surface area contributed by atoms with Crippen molar-refractivity contribution in [2.24, 2.45) is 0 Å². The van der Waals surface area contributed by atoms with Gasteiger partial charge < -0.3 is 10.6 Å². The first kappa shape index (κ1) is 13.4. The number of nitrogens with two attached hydrogens (primary N) is 1. The molecule has 108 valence electrons. The molecule has 0 bridgehead atoms. The maximum atomic E-state index is 13.2. The molecule has 1 aromatic heterocycles. The predicted molar refractivity (Wildman–Crippen MR) is 78.3 cm³/mol. The molecule has 2 heterocycles. The molecule has 21 heavy (non-hydrogen) atoms. The van der Waals surface area contributed by atoms with Crippen LogP contribution in [0.5, 0.6) is 0 Å². The lowest BCUT2D eigenvalue weighted by molar-refractivity contribution is 0.620. The summed E-state index contributed by atoms with van der Waals surface area (Å²) in [6, 6.07) is 8.44. The number of aromatic nitrogens is 2. The van der Waals surface area contributed by atoms with Crippen molar-refractivity contribution >= 4 is 11.6 Å². The smallest absolute Gasteiger partial charge is 0.170 e. The van der Waals surface area contributed by atoms with E-state index >= 15 is 0 Å². The summed E-state index contributed by atoms with van der Waals surface area (Å²) in [4.78, 5) is 2.08. The van der Waals surface area contributed by atoms with Crippen molar-refractivity contribution in [2.75, 3.05) is 23.7 Å². The van der Waals surface area contributed by atoms with E-state index in [1.807, 2.05) is 6.07 Å². The van der Waals surface area contributed by atoms with Crippen molar-refractivity contribution in [1.29, 1.82) is 5.26 Å². The van der Waals surface area contributed by atoms with Gasteiger partial charge >= 0.3 is 0 Å². The van der Waals surface area contributed by atoms with E-state index in [1.54, 1.807) is 10.7 Å². The van der Waals surface area contributed by atoms with E-state index in [9.17, 15) is 9.65 Å². The minimum absolute atomic E-state index is 0.293. The summed E-state index contributed by atoms with van der Waals surface area (Å²) < 4.78 is 14.8. The first-order valence-electron chi connectivity index (χ1n) is 6.95. The van der Waals surface area contributed by atoms with Crippen LogP contribution in [-0.2, 0) is 6.54 Å². The molecule has 0 spiro atoms. The van der Waals surface area contributed by atoms with Crippen LogP contribution in [0, 0.1) is 17.1 Å². The number of nitrogens with zero attached hydrogens (tertiary/aromatic N) is 4. The van der Waals surface area contributed by atoms with Crippen molar-refractivity contribution in [1.82, 2.24) is 9.78 Å². The highest BCUT2D eigenvalue weighted by molar-refractivity contribution is 5.65. The molecule has 0 amide bonds. The molecular weight excluding hydrogens is 269 g/mol. The molecule has 2 aromatic rings. The van der Waals surface area contributed by atoms with E-state index in [-0.39, 0.29) is 5.82 Å². The summed E-state index contributed by atoms with van der Waals surface area (Å²) >= 11 is 0. The molecule has 0 saturated carbocycles. The minimum atomic E-state index is -0.293. The Balaban J connectivity index is 1.94. The van der Waals surface area contributed by atoms with Gasteiger partial charge in [0.05, 0.1) is 6.54 Å². The maximum Gasteiger partial charge on any atom is 0.170 e. The summed E-state index contributed by atoms with van der Waals surface area (Å²) in [6.45, 7) is 2.14. The van der Waals surface area contributed by atoms with Gasteiger partial charge in [-0.2, -0.15) is 10.4 Å². The van der Waals surface area contributed by atoms with E-state index < -0.39 is 0 Å². The third kappa shape index (κ3) is 2.55. The van der Waals surface area contributed by atoms with Crippen LogP contribution in [0.1, 0.15) is 24.0 Å². The molecule has 6 heteroatoms. The number of nitriles is 1. The highest BCUT2D eigenvalue weighted by Crippen LogP contribution is 2.27. The number of hydrogen-bond acceptors (Lipinski definition) is 4. The van der Waals surface area contributed by atoms with Gasteiger partial charge in [-0.3, -0.25) is 0 Å². The van der Waals surface area contributed by atoms with Crippen LogP contribution < -0.4 is 10.6 Å². The van der Waals surface area contributed by atoms with Crippen LogP contribution in [-0.4, -0.2) is 22.9 Å². The zero-order valence-corrected chi connectivity index (χ0v) is 11.6. The van der Waals surface area contributed by atoms with Crippen LogP contribution >= 0.6 is 0 Å². The second kappa shape index (κ2) is 5.44. The molecule has 0 unspecified atom stereocenters. The first-order valence-corrected chi connectivity index (χ1v) is 6.95. The standard InChI is InChI=1S/C15H16FN5/c16-12-5-3-4-11(8-12)10-21-14(18)13(9-17)15(19-21)20-6-1-2-7-20/h3-5,8H,1-2,6-7,10,18H2. The Morgan fingerprint density at radius 3 is 2.76 bits per heavy atom. The van der Waals surface area contributed by atoms with Crippen molar-refractivity contribution in [2.45, 2.75) is 19.4 Å². The van der Waals surface area contributed by atoms with Gasteiger partial charge in [-0.05, 0) is 30.5 Å². The van der Waals surface area contributed by atoms with Crippen molar-refractivity contribution in [3.8, 4) is 6.07 Å². The largest absolute Gasteiger partial charge is 0.383 e. The number of hydrogen-bond donors (Lipinski definition) is 1. The van der Waals surface area contributed by atoms with Gasteiger partial charge in [0, 0.05) is 13.1 Å². The molecule has 5 nitrogen and oxygen atoms in total. The number of nitrogen functional groups attached to an aromatic ring is 1. The summed E-state index contributed by atoms with van der Waals surface area (Å²) in [6.07, 6.45) is 2.20. The third-order valence-electron chi connectivity index (χ3n) is 3.71. The lowest BCUT2D eigenvalue weighted by atomic mass is 10.2. The van der Waals surface area contributed by atoms with E-state index in [0.717, 1.165) is 31.5 Å². The fraction of sp³-hybridized carbons (Fsp3) is 0.333. The highest BCUT2D eigenvalue weighted by Gasteiger charge is 2.23. The number of halogens is 1. The van der Waals surface area contributed by atoms with Gasteiger partial charge in [0.2, 0.25) is 0 Å². The number of benzene rings is 1. The summed E-state index contributed by atoms with van der Waals surface area (Å²) in [5, 5.41) is 13.8. The van der Waals surface area contributed by atoms with Crippen molar-refractivity contribution in [3.05, 3.63) is 41.2 Å². The number of anilines is 2. The Morgan fingerprint density at radius 2 is 2.10 bits per heavy atom. The van der Waals surface area contributed by atoms with Crippen LogP contribution in [0.4, 0.5) is 16.0 Å². The fourth-order valence-corrected chi connectivity index (χ4v) is 2.65. The quantitative estimate of drug-likeness (QED) is 0.937. The third-order valence-corrected chi connectivity index (χ3v) is 3.71. The second-order valence-electron chi connectivity index (χ2n) is 5.18. The molecular formula is C15H16FN5. The van der Waals surface area contributed by atoms with E-state index in [1.165, 1.54) is 12.1 Å². The molecule has 0 atom stereocenters. The Morgan fingerprint density at radius 1 is 1.33 bits per heavy atom. The van der Waals surface area contributed by atoms with Gasteiger partial charge in [-0.1, -0.05) is 12.1 Å². The molecule has 0 radical (unpaired) electrons. The Kier molecular flexibility index (Phi) is 3.48. The maximum absolute atomic E-state index is 13.2. The highest BCUT2D eigenvalue weighted by atomic mass is 19.1. The van der Waals surface area contributed by atoms with Crippen LogP contribution in [0.3, 0.4) is 0 Å². The Bertz CT molecular complexity index is 695. The van der Waals surface area contributed by atoms with Crippen LogP contribution in [0.2, 0.25) is 0 Å². The Labute approximate surface area is 122 Å². The predicted octanol–water partition coefficient (Wildman–Crippen LogP) is 2.12. The zero-order chi connectivity index (χ0) is 14.8. The van der Waals surface area contributed by atoms with Gasteiger partial charge in [0.25, 0.3) is 0 Å². The zero-order valence-electron chi connectivity index (χ0n) is 11.6. The summed E-state index contributed by atoms with van der Waals surface area (Å²) in [5.41, 5.74) is 7.20. The first-order chi connectivity index (χ1) is 10.2. The van der Waals surface area contributed by atoms with Crippen molar-refractivity contribution < 1.29 is 4.39 Å². The van der Waals surface area contributed by atoms with Gasteiger partial charge in [0.15, 0.2) is 5.82 Å². The molecule has 1 aliphatic rings. The SMILES string of the molecule is N#Cc1c(N2CCCC2)nn(Cc2cccc(F)c2)c1N. The monoisotopic (exact) mass is 285 g/mol. The fourth-order valence-electron chi connectivity index (χ4n) is 2.65. The molecule has 0 aliphatic carbocycles. The summed E-state index contributed by atoms with van der Waals surface area (Å²) in [7, 11) is 0. The average Bonchev–Trinajstić information content (AvgIpc) is 3.08. The van der Waals surface area contributed by atoms with Gasteiger partial charge in [-0.25, -0.2) is 9.07 Å². The van der Waals surface area contributed by atoms with Gasteiger partial charge in [0.1, 0.15) is 23.3 Å². The minimum Gasteiger partial charge on any atom is -0.383 e. The van der Waals surface area contributed by atoms with Crippen LogP contribution in [0.15, 0.2) is 24.3 Å². The second-order valence-corrected chi connectivity index (χ2v) is 5.18. The molecule has 1 fully saturated rings. The normalized spacial score (nSPS) is 14.4.